The summed E-state index contributed by atoms with van der Waals surface area (Å²) in [7, 11) is 0. The number of benzene rings is 1. The summed E-state index contributed by atoms with van der Waals surface area (Å²) in [5, 5.41) is 14.4. The van der Waals surface area contributed by atoms with Crippen LogP contribution < -0.4 is 4.74 Å². The van der Waals surface area contributed by atoms with Crippen molar-refractivity contribution in [1.29, 1.82) is 0 Å². The summed E-state index contributed by atoms with van der Waals surface area (Å²) in [6.45, 7) is 5.07. The molecule has 0 saturated carbocycles. The minimum absolute atomic E-state index is 0.166. The number of carbonyl (C=O) groups is 2. The molecule has 184 valence electrons. The van der Waals surface area contributed by atoms with Crippen molar-refractivity contribution in [1.82, 2.24) is 24.4 Å². The van der Waals surface area contributed by atoms with Crippen LogP contribution in [0.25, 0.3) is 5.65 Å². The molecular formula is C24H25ClFN5O4. The van der Waals surface area contributed by atoms with Gasteiger partial charge in [0.05, 0.1) is 40.8 Å². The molecule has 0 unspecified atom stereocenters. The summed E-state index contributed by atoms with van der Waals surface area (Å²) < 4.78 is 21.9. The van der Waals surface area contributed by atoms with Crippen molar-refractivity contribution in [2.24, 2.45) is 0 Å². The monoisotopic (exact) mass is 501 g/mol. The summed E-state index contributed by atoms with van der Waals surface area (Å²) in [6.07, 6.45) is 0.442. The zero-order valence-electron chi connectivity index (χ0n) is 19.4. The number of ether oxygens (including phenoxy) is 1. The van der Waals surface area contributed by atoms with E-state index in [2.05, 4.69) is 10.1 Å². The summed E-state index contributed by atoms with van der Waals surface area (Å²) >= 11 is 6.32. The fourth-order valence-electron chi connectivity index (χ4n) is 4.75. The number of hydrogen-bond acceptors (Lipinski definition) is 5. The molecule has 1 fully saturated rings. The molecule has 2 aromatic heterocycles. The fourth-order valence-corrected chi connectivity index (χ4v) is 4.87. The second-order valence-electron chi connectivity index (χ2n) is 9.00. The van der Waals surface area contributed by atoms with Crippen molar-refractivity contribution in [2.45, 2.75) is 52.3 Å². The molecule has 11 heteroatoms. The Morgan fingerprint density at radius 1 is 1.17 bits per heavy atom. The first-order chi connectivity index (χ1) is 16.7. The van der Waals surface area contributed by atoms with Crippen molar-refractivity contribution in [2.75, 3.05) is 13.1 Å². The summed E-state index contributed by atoms with van der Waals surface area (Å²) in [4.78, 5) is 32.3. The molecule has 1 N–H and O–H groups in total. The molecule has 2 aliphatic heterocycles. The molecule has 2 amide bonds. The van der Waals surface area contributed by atoms with E-state index in [-0.39, 0.29) is 23.3 Å². The lowest BCUT2D eigenvalue weighted by Crippen LogP contribution is -2.31. The van der Waals surface area contributed by atoms with Crippen molar-refractivity contribution >= 4 is 29.2 Å². The molecule has 0 bridgehead atoms. The predicted molar refractivity (Wildman–Crippen MR) is 125 cm³/mol. The quantitative estimate of drug-likeness (QED) is 0.577. The van der Waals surface area contributed by atoms with Crippen LogP contribution in [-0.2, 0) is 13.1 Å². The van der Waals surface area contributed by atoms with Crippen LogP contribution in [0.1, 0.15) is 52.3 Å². The first-order valence-electron chi connectivity index (χ1n) is 11.5. The summed E-state index contributed by atoms with van der Waals surface area (Å²) in [6, 6.07) is 3.89. The van der Waals surface area contributed by atoms with E-state index in [4.69, 9.17) is 16.3 Å². The molecule has 0 radical (unpaired) electrons. The van der Waals surface area contributed by atoms with E-state index in [9.17, 15) is 19.1 Å². The Morgan fingerprint density at radius 2 is 1.97 bits per heavy atom. The first kappa shape index (κ1) is 23.3. The van der Waals surface area contributed by atoms with Crippen LogP contribution in [0.5, 0.6) is 5.75 Å². The average Bonchev–Trinajstić information content (AvgIpc) is 3.28. The van der Waals surface area contributed by atoms with Crippen LogP contribution in [0.3, 0.4) is 0 Å². The predicted octanol–water partition coefficient (Wildman–Crippen LogP) is 4.21. The number of carbonyl (C=O) groups excluding carboxylic acids is 1. The van der Waals surface area contributed by atoms with Crippen LogP contribution in [0.15, 0.2) is 18.2 Å². The maximum Gasteiger partial charge on any atom is 0.407 e. The van der Waals surface area contributed by atoms with Crippen molar-refractivity contribution in [3.8, 4) is 5.75 Å². The highest BCUT2D eigenvalue weighted by Crippen LogP contribution is 2.32. The second-order valence-corrected chi connectivity index (χ2v) is 9.38. The van der Waals surface area contributed by atoms with Gasteiger partial charge in [-0.2, -0.15) is 5.10 Å². The number of carboxylic acid groups (broad SMARTS) is 1. The van der Waals surface area contributed by atoms with E-state index in [1.165, 1.54) is 23.1 Å². The van der Waals surface area contributed by atoms with Gasteiger partial charge in [-0.3, -0.25) is 4.79 Å². The topological polar surface area (TPSA) is 100 Å². The Hall–Kier alpha value is -3.40. The molecule has 5 rings (SSSR count). The molecule has 4 heterocycles. The van der Waals surface area contributed by atoms with Gasteiger partial charge in [0.15, 0.2) is 5.65 Å². The molecule has 0 spiro atoms. The smallest absolute Gasteiger partial charge is 0.407 e. The van der Waals surface area contributed by atoms with E-state index in [1.54, 1.807) is 9.42 Å². The number of hydrogen-bond donors (Lipinski definition) is 1. The Bertz CT molecular complexity index is 1340. The molecule has 2 aliphatic rings. The number of likely N-dealkylation sites (tertiary alicyclic amines) is 1. The zero-order valence-corrected chi connectivity index (χ0v) is 20.2. The number of rotatable bonds is 3. The normalized spacial score (nSPS) is 18.0. The highest BCUT2D eigenvalue weighted by Gasteiger charge is 2.32. The van der Waals surface area contributed by atoms with E-state index < -0.39 is 11.9 Å². The molecule has 1 saturated heterocycles. The molecule has 35 heavy (non-hydrogen) atoms. The zero-order chi connectivity index (χ0) is 24.9. The van der Waals surface area contributed by atoms with Gasteiger partial charge in [-0.1, -0.05) is 11.6 Å². The molecule has 1 aromatic carbocycles. The number of aryl methyl sites for hydroxylation is 2. The van der Waals surface area contributed by atoms with Crippen molar-refractivity contribution < 1.29 is 23.8 Å². The van der Waals surface area contributed by atoms with Gasteiger partial charge >= 0.3 is 6.09 Å². The number of halogens is 2. The minimum Gasteiger partial charge on any atom is -0.489 e. The lowest BCUT2D eigenvalue weighted by molar-refractivity contribution is 0.0741. The van der Waals surface area contributed by atoms with E-state index in [1.807, 2.05) is 13.8 Å². The Balaban J connectivity index is 1.37. The molecule has 0 aliphatic carbocycles. The SMILES string of the molecule is Cc1nc2c3c(nn2c(C)c1Cl)CN(C(=O)c1ccc(F)cc1O[C@@H]1CCCN(C(=O)O)CC1)C3. The Kier molecular flexibility index (Phi) is 6.00. The lowest BCUT2D eigenvalue weighted by Gasteiger charge is -2.22. The van der Waals surface area contributed by atoms with Crippen LogP contribution in [0, 0.1) is 19.7 Å². The third-order valence-corrected chi connectivity index (χ3v) is 7.20. The van der Waals surface area contributed by atoms with Crippen molar-refractivity contribution in [3.63, 3.8) is 0 Å². The standard InChI is InChI=1S/C24H25ClFN5O4/c1-13-21(25)14(2)31-22(27-13)18-11-30(12-19(18)28-31)23(32)17-6-5-15(26)10-20(17)35-16-4-3-8-29(9-7-16)24(33)34/h5-6,10,16H,3-4,7-9,11-12H2,1-2H3,(H,33,34)/t16-/m1/s1. The van der Waals surface area contributed by atoms with Gasteiger partial charge in [-0.05, 0) is 38.8 Å². The molecule has 9 nitrogen and oxygen atoms in total. The maximum absolute atomic E-state index is 14.1. The number of fused-ring (bicyclic) bond motifs is 3. The van der Waals surface area contributed by atoms with Crippen LogP contribution >= 0.6 is 11.6 Å². The number of amides is 2. The van der Waals surface area contributed by atoms with Gasteiger partial charge in [0.25, 0.3) is 5.91 Å². The minimum atomic E-state index is -0.964. The molecule has 1 atom stereocenters. The third-order valence-electron chi connectivity index (χ3n) is 6.66. The average molecular weight is 502 g/mol. The number of nitrogens with zero attached hydrogens (tertiary/aromatic N) is 5. The van der Waals surface area contributed by atoms with Gasteiger partial charge in [0.1, 0.15) is 17.7 Å². The fraction of sp³-hybridized carbons (Fsp3) is 0.417. The van der Waals surface area contributed by atoms with Gasteiger partial charge in [-0.25, -0.2) is 18.7 Å². The first-order valence-corrected chi connectivity index (χ1v) is 11.9. The summed E-state index contributed by atoms with van der Waals surface area (Å²) in [5.41, 5.74) is 4.03. The lowest BCUT2D eigenvalue weighted by atomic mass is 10.1. The van der Waals surface area contributed by atoms with Crippen LogP contribution in [0.2, 0.25) is 5.02 Å². The largest absolute Gasteiger partial charge is 0.489 e. The van der Waals surface area contributed by atoms with Gasteiger partial charge in [0.2, 0.25) is 0 Å². The Morgan fingerprint density at radius 3 is 2.74 bits per heavy atom. The Labute approximate surface area is 206 Å². The second kappa shape index (κ2) is 8.99. The van der Waals surface area contributed by atoms with Gasteiger partial charge in [0, 0.05) is 31.1 Å². The third kappa shape index (κ3) is 4.27. The maximum atomic E-state index is 14.1. The summed E-state index contributed by atoms with van der Waals surface area (Å²) in [5.74, 6) is -0.634. The molecule has 3 aromatic rings. The van der Waals surface area contributed by atoms with Crippen molar-refractivity contribution in [3.05, 3.63) is 57.2 Å². The van der Waals surface area contributed by atoms with E-state index in [0.717, 1.165) is 17.0 Å². The van der Waals surface area contributed by atoms with Gasteiger partial charge in [-0.15, -0.1) is 0 Å². The molecular weight excluding hydrogens is 477 g/mol. The van der Waals surface area contributed by atoms with E-state index >= 15 is 0 Å². The highest BCUT2D eigenvalue weighted by molar-refractivity contribution is 6.31. The van der Waals surface area contributed by atoms with Gasteiger partial charge < -0.3 is 19.6 Å². The van der Waals surface area contributed by atoms with Crippen LogP contribution in [-0.4, -0.2) is 60.7 Å². The number of aromatic nitrogens is 3. The van der Waals surface area contributed by atoms with E-state index in [0.29, 0.717) is 61.8 Å². The highest BCUT2D eigenvalue weighted by atomic mass is 35.5. The van der Waals surface area contributed by atoms with Crippen LogP contribution in [0.4, 0.5) is 9.18 Å².